The smallest absolute Gasteiger partial charge is 0.314 e. The molecule has 0 amide bonds. The third-order valence-corrected chi connectivity index (χ3v) is 4.56. The fraction of sp³-hybridized carbons (Fsp3) is 0.600. The Hall–Kier alpha value is -0.590. The van der Waals surface area contributed by atoms with Crippen molar-refractivity contribution in [2.24, 2.45) is 0 Å². The predicted molar refractivity (Wildman–Crippen MR) is 81.2 cm³/mol. The first kappa shape index (κ1) is 16.8. The number of halogens is 4. The maximum Gasteiger partial charge on any atom is 0.416 e. The first-order valence-corrected chi connectivity index (χ1v) is 8.04. The Labute approximate surface area is 131 Å². The van der Waals surface area contributed by atoms with Gasteiger partial charge in [-0.2, -0.15) is 13.2 Å². The normalized spacial score (nSPS) is 18.7. The molecule has 0 spiro atoms. The second kappa shape index (κ2) is 7.11. The number of alkyl halides is 3. The minimum Gasteiger partial charge on any atom is -0.314 e. The summed E-state index contributed by atoms with van der Waals surface area (Å²) in [6.45, 7) is 5.57. The molecule has 1 aromatic carbocycles. The first-order valence-electron chi connectivity index (χ1n) is 7.25. The Kier molecular flexibility index (Phi) is 5.68. The van der Waals surface area contributed by atoms with E-state index in [0.717, 1.165) is 55.1 Å². The average Bonchev–Trinajstić information content (AvgIpc) is 2.45. The highest BCUT2D eigenvalue weighted by Gasteiger charge is 2.32. The molecule has 21 heavy (non-hydrogen) atoms. The quantitative estimate of drug-likeness (QED) is 0.860. The molecule has 1 atom stereocenters. The zero-order valence-electron chi connectivity index (χ0n) is 12.0. The molecular formula is C15H20BrF3N2. The third kappa shape index (κ3) is 4.20. The van der Waals surface area contributed by atoms with E-state index in [-0.39, 0.29) is 6.04 Å². The fourth-order valence-electron chi connectivity index (χ4n) is 2.78. The van der Waals surface area contributed by atoms with Gasteiger partial charge in [0.05, 0.1) is 5.56 Å². The number of hydrogen-bond donors (Lipinski definition) is 1. The van der Waals surface area contributed by atoms with E-state index in [0.29, 0.717) is 0 Å². The first-order chi connectivity index (χ1) is 9.93. The summed E-state index contributed by atoms with van der Waals surface area (Å²) in [7, 11) is 0. The van der Waals surface area contributed by atoms with Crippen LogP contribution in [0.3, 0.4) is 0 Å². The van der Waals surface area contributed by atoms with Crippen LogP contribution in [0.1, 0.15) is 36.9 Å². The topological polar surface area (TPSA) is 15.3 Å². The highest BCUT2D eigenvalue weighted by Crippen LogP contribution is 2.37. The number of piperazine rings is 1. The van der Waals surface area contributed by atoms with E-state index in [9.17, 15) is 13.2 Å². The van der Waals surface area contributed by atoms with Crippen molar-refractivity contribution in [3.05, 3.63) is 33.8 Å². The summed E-state index contributed by atoms with van der Waals surface area (Å²) in [5, 5.41) is 3.28. The van der Waals surface area contributed by atoms with E-state index in [1.165, 1.54) is 12.1 Å². The van der Waals surface area contributed by atoms with Crippen LogP contribution >= 0.6 is 15.9 Å². The molecule has 2 nitrogen and oxygen atoms in total. The third-order valence-electron chi connectivity index (χ3n) is 3.84. The van der Waals surface area contributed by atoms with Crippen LogP contribution in [0.4, 0.5) is 13.2 Å². The molecule has 0 bridgehead atoms. The van der Waals surface area contributed by atoms with Crippen LogP contribution in [-0.2, 0) is 6.18 Å². The van der Waals surface area contributed by atoms with Crippen molar-refractivity contribution in [2.75, 3.05) is 26.2 Å². The minimum absolute atomic E-state index is 0.0359. The van der Waals surface area contributed by atoms with Crippen molar-refractivity contribution >= 4 is 15.9 Å². The van der Waals surface area contributed by atoms with Crippen molar-refractivity contribution < 1.29 is 13.2 Å². The maximum atomic E-state index is 13.0. The van der Waals surface area contributed by atoms with Gasteiger partial charge in [0.1, 0.15) is 0 Å². The molecule has 6 heteroatoms. The molecule has 1 aliphatic heterocycles. The van der Waals surface area contributed by atoms with Gasteiger partial charge in [0, 0.05) is 36.7 Å². The molecule has 0 saturated carbocycles. The second-order valence-electron chi connectivity index (χ2n) is 5.32. The Morgan fingerprint density at radius 2 is 1.95 bits per heavy atom. The summed E-state index contributed by atoms with van der Waals surface area (Å²) < 4.78 is 39.6. The zero-order chi connectivity index (χ0) is 15.5. The number of hydrogen-bond acceptors (Lipinski definition) is 2. The SMILES string of the molecule is CCC[C@H](c1cc(C(F)(F)F)ccc1Br)N1CCNCC1. The number of nitrogens with one attached hydrogen (secondary N) is 1. The molecule has 1 saturated heterocycles. The van der Waals surface area contributed by atoms with Crippen LogP contribution in [0.5, 0.6) is 0 Å². The monoisotopic (exact) mass is 364 g/mol. The number of rotatable bonds is 4. The lowest BCUT2D eigenvalue weighted by molar-refractivity contribution is -0.137. The van der Waals surface area contributed by atoms with Crippen molar-refractivity contribution in [3.8, 4) is 0 Å². The van der Waals surface area contributed by atoms with Gasteiger partial charge in [0.2, 0.25) is 0 Å². The Bertz CT molecular complexity index is 470. The zero-order valence-corrected chi connectivity index (χ0v) is 13.6. The molecule has 0 radical (unpaired) electrons. The van der Waals surface area contributed by atoms with Gasteiger partial charge >= 0.3 is 6.18 Å². The number of benzene rings is 1. The van der Waals surface area contributed by atoms with Crippen molar-refractivity contribution in [1.29, 1.82) is 0 Å². The van der Waals surface area contributed by atoms with Gasteiger partial charge in [-0.25, -0.2) is 0 Å². The molecule has 118 valence electrons. The van der Waals surface area contributed by atoms with Crippen molar-refractivity contribution in [3.63, 3.8) is 0 Å². The van der Waals surface area contributed by atoms with E-state index < -0.39 is 11.7 Å². The Morgan fingerprint density at radius 3 is 2.52 bits per heavy atom. The molecule has 0 aromatic heterocycles. The Balaban J connectivity index is 2.34. The fourth-order valence-corrected chi connectivity index (χ4v) is 3.29. The summed E-state index contributed by atoms with van der Waals surface area (Å²) >= 11 is 3.42. The Morgan fingerprint density at radius 1 is 1.29 bits per heavy atom. The summed E-state index contributed by atoms with van der Waals surface area (Å²) in [6.07, 6.45) is -2.49. The lowest BCUT2D eigenvalue weighted by atomic mass is 9.98. The molecule has 1 aliphatic rings. The summed E-state index contributed by atoms with van der Waals surface area (Å²) in [4.78, 5) is 2.28. The van der Waals surface area contributed by atoms with Crippen LogP contribution in [0.2, 0.25) is 0 Å². The van der Waals surface area contributed by atoms with Gasteiger partial charge in [-0.1, -0.05) is 29.3 Å². The lowest BCUT2D eigenvalue weighted by Gasteiger charge is -2.36. The van der Waals surface area contributed by atoms with Gasteiger partial charge in [0.15, 0.2) is 0 Å². The standard InChI is InChI=1S/C15H20BrF3N2/c1-2-3-14(21-8-6-20-7-9-21)12-10-11(15(17,18)19)4-5-13(12)16/h4-5,10,14,20H,2-3,6-9H2,1H3/t14-/m1/s1. The van der Waals surface area contributed by atoms with Crippen LogP contribution in [-0.4, -0.2) is 31.1 Å². The largest absolute Gasteiger partial charge is 0.416 e. The van der Waals surface area contributed by atoms with E-state index >= 15 is 0 Å². The highest BCUT2D eigenvalue weighted by atomic mass is 79.9. The summed E-state index contributed by atoms with van der Waals surface area (Å²) in [5.41, 5.74) is 0.172. The molecule has 1 heterocycles. The molecular weight excluding hydrogens is 345 g/mol. The molecule has 1 N–H and O–H groups in total. The predicted octanol–water partition coefficient (Wildman–Crippen LogP) is 4.21. The van der Waals surface area contributed by atoms with Crippen LogP contribution in [0.25, 0.3) is 0 Å². The van der Waals surface area contributed by atoms with E-state index in [4.69, 9.17) is 0 Å². The molecule has 1 fully saturated rings. The summed E-state index contributed by atoms with van der Waals surface area (Å²) in [5.74, 6) is 0. The second-order valence-corrected chi connectivity index (χ2v) is 6.18. The number of nitrogens with zero attached hydrogens (tertiary/aromatic N) is 1. The van der Waals surface area contributed by atoms with Crippen molar-refractivity contribution in [1.82, 2.24) is 10.2 Å². The molecule has 0 aliphatic carbocycles. The van der Waals surface area contributed by atoms with E-state index in [2.05, 4.69) is 33.1 Å². The maximum absolute atomic E-state index is 13.0. The minimum atomic E-state index is -4.30. The molecule has 2 rings (SSSR count). The average molecular weight is 365 g/mol. The van der Waals surface area contributed by atoms with Gasteiger partial charge in [-0.05, 0) is 30.2 Å². The molecule has 0 unspecified atom stereocenters. The summed E-state index contributed by atoms with van der Waals surface area (Å²) in [6, 6.07) is 3.98. The van der Waals surface area contributed by atoms with E-state index in [1.54, 1.807) is 0 Å². The van der Waals surface area contributed by atoms with Crippen LogP contribution < -0.4 is 5.32 Å². The van der Waals surface area contributed by atoms with Crippen molar-refractivity contribution in [2.45, 2.75) is 32.0 Å². The van der Waals surface area contributed by atoms with Gasteiger partial charge in [-0.15, -0.1) is 0 Å². The van der Waals surface area contributed by atoms with E-state index in [1.807, 2.05) is 0 Å². The molecule has 1 aromatic rings. The van der Waals surface area contributed by atoms with Crippen LogP contribution in [0, 0.1) is 0 Å². The van der Waals surface area contributed by atoms with Gasteiger partial charge in [-0.3, -0.25) is 4.90 Å². The van der Waals surface area contributed by atoms with Gasteiger partial charge in [0.25, 0.3) is 0 Å². The lowest BCUT2D eigenvalue weighted by Crippen LogP contribution is -2.45. The van der Waals surface area contributed by atoms with Crippen LogP contribution in [0.15, 0.2) is 22.7 Å². The van der Waals surface area contributed by atoms with Gasteiger partial charge < -0.3 is 5.32 Å². The highest BCUT2D eigenvalue weighted by molar-refractivity contribution is 9.10.